The fraction of sp³-hybridized carbons (Fsp3) is 0.526. The molecule has 0 saturated heterocycles. The molecule has 1 unspecified atom stereocenters. The van der Waals surface area contributed by atoms with Gasteiger partial charge >= 0.3 is 5.97 Å². The summed E-state index contributed by atoms with van der Waals surface area (Å²) in [6.45, 7) is 2.37. The molecule has 0 saturated carbocycles. The highest BCUT2D eigenvalue weighted by Crippen LogP contribution is 2.48. The van der Waals surface area contributed by atoms with E-state index in [0.717, 1.165) is 30.4 Å². The lowest BCUT2D eigenvalue weighted by Crippen LogP contribution is -2.10. The SMILES string of the molecule is CCCCCCCC1=C(C(=O)OC)C(O)c2cc3c(cc21)OCO3. The van der Waals surface area contributed by atoms with Gasteiger partial charge in [-0.05, 0) is 41.7 Å². The number of unbranched alkanes of at least 4 members (excludes halogenated alkanes) is 4. The molecule has 0 bridgehead atoms. The average molecular weight is 332 g/mol. The maximum Gasteiger partial charge on any atom is 0.337 e. The van der Waals surface area contributed by atoms with E-state index in [2.05, 4.69) is 6.92 Å². The molecule has 1 aliphatic heterocycles. The van der Waals surface area contributed by atoms with Crippen molar-refractivity contribution in [2.24, 2.45) is 0 Å². The fourth-order valence-corrected chi connectivity index (χ4v) is 3.43. The van der Waals surface area contributed by atoms with Crippen LogP contribution in [0, 0.1) is 0 Å². The summed E-state index contributed by atoms with van der Waals surface area (Å²) in [5.41, 5.74) is 2.80. The molecular formula is C19H24O5. The second kappa shape index (κ2) is 7.26. The van der Waals surface area contributed by atoms with Crippen molar-refractivity contribution in [2.45, 2.75) is 51.6 Å². The normalized spacial score (nSPS) is 18.0. The Morgan fingerprint density at radius 3 is 2.62 bits per heavy atom. The predicted molar refractivity (Wildman–Crippen MR) is 89.8 cm³/mol. The second-order valence-electron chi connectivity index (χ2n) is 6.24. The molecule has 0 fully saturated rings. The van der Waals surface area contributed by atoms with E-state index in [1.165, 1.54) is 26.4 Å². The van der Waals surface area contributed by atoms with Gasteiger partial charge in [0.2, 0.25) is 6.79 Å². The Kier molecular flexibility index (Phi) is 5.09. The van der Waals surface area contributed by atoms with Gasteiger partial charge in [0.05, 0.1) is 12.7 Å². The fourth-order valence-electron chi connectivity index (χ4n) is 3.43. The number of carbonyl (C=O) groups excluding carboxylic acids is 1. The van der Waals surface area contributed by atoms with Crippen LogP contribution in [0.4, 0.5) is 0 Å². The van der Waals surface area contributed by atoms with Crippen LogP contribution >= 0.6 is 0 Å². The number of fused-ring (bicyclic) bond motifs is 2. The molecule has 1 N–H and O–H groups in total. The van der Waals surface area contributed by atoms with Crippen molar-refractivity contribution >= 4 is 11.5 Å². The first kappa shape index (κ1) is 16.8. The summed E-state index contributed by atoms with van der Waals surface area (Å²) in [6.07, 6.45) is 5.49. The molecule has 5 heteroatoms. The van der Waals surface area contributed by atoms with Crippen LogP contribution in [0.2, 0.25) is 0 Å². The molecular weight excluding hydrogens is 308 g/mol. The van der Waals surface area contributed by atoms with Gasteiger partial charge in [-0.3, -0.25) is 0 Å². The highest BCUT2D eigenvalue weighted by Gasteiger charge is 2.36. The van der Waals surface area contributed by atoms with E-state index >= 15 is 0 Å². The van der Waals surface area contributed by atoms with Crippen molar-refractivity contribution in [3.63, 3.8) is 0 Å². The van der Waals surface area contributed by atoms with Gasteiger partial charge in [0.1, 0.15) is 6.10 Å². The zero-order valence-electron chi connectivity index (χ0n) is 14.3. The van der Waals surface area contributed by atoms with Crippen LogP contribution in [0.25, 0.3) is 5.57 Å². The smallest absolute Gasteiger partial charge is 0.337 e. The Hall–Kier alpha value is -2.01. The summed E-state index contributed by atoms with van der Waals surface area (Å²) in [5.74, 6) is 0.806. The molecule has 1 aliphatic carbocycles. The molecule has 0 spiro atoms. The number of methoxy groups -OCH3 is 1. The van der Waals surface area contributed by atoms with Crippen molar-refractivity contribution in [2.75, 3.05) is 13.9 Å². The van der Waals surface area contributed by atoms with Crippen molar-refractivity contribution in [1.29, 1.82) is 0 Å². The molecule has 5 nitrogen and oxygen atoms in total. The van der Waals surface area contributed by atoms with E-state index < -0.39 is 12.1 Å². The average Bonchev–Trinajstić information content (AvgIpc) is 3.15. The van der Waals surface area contributed by atoms with Crippen LogP contribution in [0.5, 0.6) is 11.5 Å². The zero-order chi connectivity index (χ0) is 17.1. The number of ether oxygens (including phenoxy) is 3. The summed E-state index contributed by atoms with van der Waals surface area (Å²) in [4.78, 5) is 12.2. The minimum atomic E-state index is -0.965. The summed E-state index contributed by atoms with van der Waals surface area (Å²) in [7, 11) is 1.34. The summed E-state index contributed by atoms with van der Waals surface area (Å²) < 4.78 is 15.7. The van der Waals surface area contributed by atoms with Crippen LogP contribution in [-0.4, -0.2) is 25.0 Å². The standard InChI is InChI=1S/C19H24O5/c1-3-4-5-6-7-8-12-13-9-15-16(24-11-23-15)10-14(13)18(20)17(12)19(21)22-2/h9-10,18,20H,3-8,11H2,1-2H3. The Bertz CT molecular complexity index is 662. The van der Waals surface area contributed by atoms with Crippen molar-refractivity contribution in [3.8, 4) is 11.5 Å². The summed E-state index contributed by atoms with van der Waals surface area (Å²) in [5, 5.41) is 10.6. The number of benzene rings is 1. The van der Waals surface area contributed by atoms with Gasteiger partial charge < -0.3 is 19.3 Å². The molecule has 1 atom stereocenters. The zero-order valence-corrected chi connectivity index (χ0v) is 14.3. The lowest BCUT2D eigenvalue weighted by atomic mass is 9.98. The molecule has 1 heterocycles. The first-order valence-corrected chi connectivity index (χ1v) is 8.60. The third kappa shape index (κ3) is 3.00. The third-order valence-electron chi connectivity index (χ3n) is 4.70. The lowest BCUT2D eigenvalue weighted by molar-refractivity contribution is -0.137. The van der Waals surface area contributed by atoms with Crippen molar-refractivity contribution in [1.82, 2.24) is 0 Å². The quantitative estimate of drug-likeness (QED) is 0.608. The molecule has 2 aliphatic rings. The minimum absolute atomic E-state index is 0.189. The Labute approximate surface area is 142 Å². The molecule has 130 valence electrons. The largest absolute Gasteiger partial charge is 0.466 e. The van der Waals surface area contributed by atoms with E-state index in [4.69, 9.17) is 14.2 Å². The number of aliphatic hydroxyl groups excluding tert-OH is 1. The van der Waals surface area contributed by atoms with Gasteiger partial charge in [-0.1, -0.05) is 32.6 Å². The summed E-state index contributed by atoms with van der Waals surface area (Å²) >= 11 is 0. The van der Waals surface area contributed by atoms with E-state index in [1.54, 1.807) is 6.07 Å². The molecule has 1 aromatic carbocycles. The Morgan fingerprint density at radius 2 is 1.92 bits per heavy atom. The molecule has 0 amide bonds. The van der Waals surface area contributed by atoms with Crippen LogP contribution < -0.4 is 9.47 Å². The lowest BCUT2D eigenvalue weighted by Gasteiger charge is -2.09. The third-order valence-corrected chi connectivity index (χ3v) is 4.70. The number of rotatable bonds is 7. The van der Waals surface area contributed by atoms with Gasteiger partial charge in [-0.2, -0.15) is 0 Å². The monoisotopic (exact) mass is 332 g/mol. The van der Waals surface area contributed by atoms with Gasteiger partial charge in [-0.25, -0.2) is 4.79 Å². The number of carbonyl (C=O) groups is 1. The Morgan fingerprint density at radius 1 is 1.21 bits per heavy atom. The van der Waals surface area contributed by atoms with Crippen LogP contribution in [0.1, 0.15) is 62.7 Å². The number of hydrogen-bond acceptors (Lipinski definition) is 5. The molecule has 24 heavy (non-hydrogen) atoms. The highest BCUT2D eigenvalue weighted by molar-refractivity contribution is 6.02. The molecule has 1 aromatic rings. The Balaban J connectivity index is 1.88. The van der Waals surface area contributed by atoms with Gasteiger partial charge in [-0.15, -0.1) is 0 Å². The van der Waals surface area contributed by atoms with E-state index in [9.17, 15) is 9.90 Å². The maximum absolute atomic E-state index is 12.2. The first-order chi connectivity index (χ1) is 11.7. The number of allylic oxidation sites excluding steroid dienone is 1. The van der Waals surface area contributed by atoms with Crippen LogP contribution in [-0.2, 0) is 9.53 Å². The van der Waals surface area contributed by atoms with E-state index in [0.29, 0.717) is 22.6 Å². The number of esters is 1. The van der Waals surface area contributed by atoms with Gasteiger partial charge in [0.25, 0.3) is 0 Å². The second-order valence-corrected chi connectivity index (χ2v) is 6.24. The maximum atomic E-state index is 12.2. The van der Waals surface area contributed by atoms with E-state index in [1.807, 2.05) is 6.07 Å². The predicted octanol–water partition coefficient (Wildman–Crippen LogP) is 3.75. The van der Waals surface area contributed by atoms with E-state index in [-0.39, 0.29) is 6.79 Å². The van der Waals surface area contributed by atoms with Crippen LogP contribution in [0.15, 0.2) is 17.7 Å². The number of aliphatic hydroxyl groups is 1. The van der Waals surface area contributed by atoms with Crippen molar-refractivity contribution < 1.29 is 24.1 Å². The highest BCUT2D eigenvalue weighted by atomic mass is 16.7. The molecule has 0 aromatic heterocycles. The topological polar surface area (TPSA) is 65.0 Å². The van der Waals surface area contributed by atoms with Gasteiger partial charge in [0.15, 0.2) is 11.5 Å². The van der Waals surface area contributed by atoms with Crippen molar-refractivity contribution in [3.05, 3.63) is 28.8 Å². The first-order valence-electron chi connectivity index (χ1n) is 8.60. The molecule has 3 rings (SSSR count). The van der Waals surface area contributed by atoms with Crippen LogP contribution in [0.3, 0.4) is 0 Å². The minimum Gasteiger partial charge on any atom is -0.466 e. The number of hydrogen-bond donors (Lipinski definition) is 1. The molecule has 0 radical (unpaired) electrons. The van der Waals surface area contributed by atoms with Gasteiger partial charge in [0, 0.05) is 0 Å². The summed E-state index contributed by atoms with van der Waals surface area (Å²) in [6, 6.07) is 3.65.